The number of hydrogen-bond acceptors (Lipinski definition) is 5. The van der Waals surface area contributed by atoms with Crippen LogP contribution in [0.1, 0.15) is 16.7 Å². The fourth-order valence-electron chi connectivity index (χ4n) is 3.81. The van der Waals surface area contributed by atoms with Crippen LogP contribution in [0, 0.1) is 0 Å². The second-order valence-corrected chi connectivity index (χ2v) is 8.03. The predicted octanol–water partition coefficient (Wildman–Crippen LogP) is 4.01. The van der Waals surface area contributed by atoms with Crippen molar-refractivity contribution < 1.29 is 0 Å². The van der Waals surface area contributed by atoms with E-state index in [1.807, 2.05) is 36.9 Å². The summed E-state index contributed by atoms with van der Waals surface area (Å²) < 4.78 is 0. The van der Waals surface area contributed by atoms with Gasteiger partial charge >= 0.3 is 0 Å². The summed E-state index contributed by atoms with van der Waals surface area (Å²) in [6, 6.07) is 23.5. The number of nitrogens with zero attached hydrogens (tertiary/aromatic N) is 3. The van der Waals surface area contributed by atoms with Crippen LogP contribution in [0.25, 0.3) is 10.8 Å². The van der Waals surface area contributed by atoms with Crippen molar-refractivity contribution in [2.24, 2.45) is 0 Å². The van der Waals surface area contributed by atoms with Crippen LogP contribution in [0.2, 0.25) is 0 Å². The molecule has 164 valence electrons. The molecule has 0 radical (unpaired) electrons. The molecule has 2 heterocycles. The highest BCUT2D eigenvalue weighted by Gasteiger charge is 2.07. The average molecular weight is 426 g/mol. The van der Waals surface area contributed by atoms with E-state index in [0.717, 1.165) is 45.8 Å². The Hall–Kier alpha value is -3.12. The van der Waals surface area contributed by atoms with E-state index >= 15 is 0 Å². The van der Waals surface area contributed by atoms with E-state index < -0.39 is 0 Å². The number of pyridine rings is 2. The van der Waals surface area contributed by atoms with Gasteiger partial charge in [0.25, 0.3) is 0 Å². The van der Waals surface area contributed by atoms with E-state index in [2.05, 4.69) is 80.1 Å². The van der Waals surface area contributed by atoms with Crippen LogP contribution in [-0.4, -0.2) is 41.0 Å². The Kier molecular flexibility index (Phi) is 8.32. The molecular formula is C27H31N5. The summed E-state index contributed by atoms with van der Waals surface area (Å²) in [5, 5.41) is 9.70. The summed E-state index contributed by atoms with van der Waals surface area (Å²) in [5.74, 6) is 0. The largest absolute Gasteiger partial charge is 0.311 e. The lowest BCUT2D eigenvalue weighted by Gasteiger charge is -2.23. The maximum atomic E-state index is 4.19. The van der Waals surface area contributed by atoms with Gasteiger partial charge in [-0.1, -0.05) is 48.5 Å². The summed E-state index contributed by atoms with van der Waals surface area (Å²) in [4.78, 5) is 10.9. The Morgan fingerprint density at radius 2 is 1.25 bits per heavy atom. The van der Waals surface area contributed by atoms with Crippen LogP contribution in [0.4, 0.5) is 0 Å². The molecule has 0 unspecified atom stereocenters. The van der Waals surface area contributed by atoms with E-state index in [9.17, 15) is 0 Å². The first kappa shape index (κ1) is 22.1. The minimum atomic E-state index is 0.844. The van der Waals surface area contributed by atoms with Gasteiger partial charge in [-0.05, 0) is 45.7 Å². The molecule has 4 rings (SSSR count). The smallest absolute Gasteiger partial charge is 0.0312 e. The molecule has 0 atom stereocenters. The molecule has 32 heavy (non-hydrogen) atoms. The minimum Gasteiger partial charge on any atom is -0.311 e. The van der Waals surface area contributed by atoms with Crippen LogP contribution in [0.3, 0.4) is 0 Å². The Morgan fingerprint density at radius 3 is 1.84 bits per heavy atom. The third-order valence-corrected chi connectivity index (χ3v) is 5.53. The number of aromatic nitrogens is 2. The van der Waals surface area contributed by atoms with Crippen molar-refractivity contribution in [3.05, 3.63) is 108 Å². The Morgan fingerprint density at radius 1 is 0.625 bits per heavy atom. The van der Waals surface area contributed by atoms with E-state index in [1.54, 1.807) is 0 Å². The minimum absolute atomic E-state index is 0.844. The van der Waals surface area contributed by atoms with E-state index in [-0.39, 0.29) is 0 Å². The molecular weight excluding hydrogens is 394 g/mol. The van der Waals surface area contributed by atoms with Crippen molar-refractivity contribution in [3.63, 3.8) is 0 Å². The van der Waals surface area contributed by atoms with Crippen LogP contribution in [0.15, 0.2) is 91.5 Å². The summed E-state index contributed by atoms with van der Waals surface area (Å²) >= 11 is 0. The summed E-state index contributed by atoms with van der Waals surface area (Å²) in [5.41, 5.74) is 3.78. The maximum Gasteiger partial charge on any atom is 0.0312 e. The van der Waals surface area contributed by atoms with Gasteiger partial charge < -0.3 is 10.6 Å². The molecule has 0 saturated carbocycles. The molecule has 0 amide bonds. The Labute approximate surface area is 190 Å². The van der Waals surface area contributed by atoms with Crippen LogP contribution in [0.5, 0.6) is 0 Å². The lowest BCUT2D eigenvalue weighted by Crippen LogP contribution is -2.36. The molecule has 0 aliphatic carbocycles. The van der Waals surface area contributed by atoms with Crippen molar-refractivity contribution in [2.75, 3.05) is 26.2 Å². The lowest BCUT2D eigenvalue weighted by atomic mass is 10.1. The van der Waals surface area contributed by atoms with E-state index in [0.29, 0.717) is 0 Å². The van der Waals surface area contributed by atoms with Crippen molar-refractivity contribution in [1.29, 1.82) is 0 Å². The number of hydrogen-bond donors (Lipinski definition) is 2. The molecule has 0 fully saturated rings. The zero-order chi connectivity index (χ0) is 21.8. The first-order valence-corrected chi connectivity index (χ1v) is 11.3. The fraction of sp³-hybridized carbons (Fsp3) is 0.259. The average Bonchev–Trinajstić information content (AvgIpc) is 2.85. The molecule has 0 aliphatic rings. The maximum absolute atomic E-state index is 4.19. The quantitative estimate of drug-likeness (QED) is 0.336. The Balaban J connectivity index is 1.31. The predicted molar refractivity (Wildman–Crippen MR) is 131 cm³/mol. The number of benzene rings is 2. The van der Waals surface area contributed by atoms with Gasteiger partial charge in [-0.15, -0.1) is 0 Å². The summed E-state index contributed by atoms with van der Waals surface area (Å²) in [7, 11) is 0. The first-order chi connectivity index (χ1) is 15.9. The van der Waals surface area contributed by atoms with Crippen LogP contribution in [-0.2, 0) is 19.6 Å². The van der Waals surface area contributed by atoms with E-state index in [1.165, 1.54) is 27.5 Å². The van der Waals surface area contributed by atoms with E-state index in [4.69, 9.17) is 0 Å². The van der Waals surface area contributed by atoms with Gasteiger partial charge in [0, 0.05) is 70.6 Å². The molecule has 0 spiro atoms. The zero-order valence-electron chi connectivity index (χ0n) is 18.5. The number of nitrogens with one attached hydrogen (secondary N) is 2. The normalized spacial score (nSPS) is 11.3. The van der Waals surface area contributed by atoms with Gasteiger partial charge in [-0.3, -0.25) is 14.9 Å². The SMILES string of the molecule is c1cncc(CNCCN(CCNCc2cccnc2)Cc2ccc3ccccc3c2)c1. The molecule has 5 nitrogen and oxygen atoms in total. The number of rotatable bonds is 12. The molecule has 4 aromatic rings. The second kappa shape index (κ2) is 12.1. The van der Waals surface area contributed by atoms with Gasteiger partial charge in [0.1, 0.15) is 0 Å². The monoisotopic (exact) mass is 425 g/mol. The lowest BCUT2D eigenvalue weighted by molar-refractivity contribution is 0.264. The molecule has 2 aromatic carbocycles. The third kappa shape index (κ3) is 6.95. The van der Waals surface area contributed by atoms with Gasteiger partial charge in [-0.2, -0.15) is 0 Å². The first-order valence-electron chi connectivity index (χ1n) is 11.3. The zero-order valence-corrected chi connectivity index (χ0v) is 18.5. The molecule has 0 saturated heterocycles. The molecule has 5 heteroatoms. The molecule has 2 N–H and O–H groups in total. The second-order valence-electron chi connectivity index (χ2n) is 8.03. The summed E-state index contributed by atoms with van der Waals surface area (Å²) in [6.07, 6.45) is 7.46. The molecule has 0 bridgehead atoms. The molecule has 2 aromatic heterocycles. The summed E-state index contributed by atoms with van der Waals surface area (Å²) in [6.45, 7) is 6.47. The van der Waals surface area contributed by atoms with Crippen molar-refractivity contribution in [1.82, 2.24) is 25.5 Å². The highest BCUT2D eigenvalue weighted by Crippen LogP contribution is 2.16. The molecule has 0 aliphatic heterocycles. The van der Waals surface area contributed by atoms with Gasteiger partial charge in [0.15, 0.2) is 0 Å². The number of fused-ring (bicyclic) bond motifs is 1. The highest BCUT2D eigenvalue weighted by atomic mass is 15.1. The van der Waals surface area contributed by atoms with Crippen molar-refractivity contribution >= 4 is 10.8 Å². The highest BCUT2D eigenvalue weighted by molar-refractivity contribution is 5.82. The van der Waals surface area contributed by atoms with Crippen molar-refractivity contribution in [2.45, 2.75) is 19.6 Å². The Bertz CT molecular complexity index is 1020. The van der Waals surface area contributed by atoms with Crippen LogP contribution < -0.4 is 10.6 Å². The van der Waals surface area contributed by atoms with Gasteiger partial charge in [-0.25, -0.2) is 0 Å². The van der Waals surface area contributed by atoms with Gasteiger partial charge in [0.05, 0.1) is 0 Å². The third-order valence-electron chi connectivity index (χ3n) is 5.53. The van der Waals surface area contributed by atoms with Crippen molar-refractivity contribution in [3.8, 4) is 0 Å². The van der Waals surface area contributed by atoms with Crippen LogP contribution >= 0.6 is 0 Å². The topological polar surface area (TPSA) is 53.1 Å². The van der Waals surface area contributed by atoms with Gasteiger partial charge in [0.2, 0.25) is 0 Å². The standard InChI is InChI=1S/C27H31N5/c1-2-8-27-17-23(9-10-26(27)7-1)22-32(15-13-30-20-24-5-3-11-28-18-24)16-14-31-21-25-6-4-12-29-19-25/h1-12,17-19,30-31H,13-16,20-22H2. The fourth-order valence-corrected chi connectivity index (χ4v) is 3.81.